The first-order valence-corrected chi connectivity index (χ1v) is 6.27. The molecule has 0 aromatic heterocycles. The molecule has 2 rings (SSSR count). The summed E-state index contributed by atoms with van der Waals surface area (Å²) in [5.41, 5.74) is 5.84. The number of rotatable bonds is 1. The molecular formula is C10H17BrN2O. The Morgan fingerprint density at radius 1 is 1.29 bits per heavy atom. The number of nitrogens with zero attached hydrogens (tertiary/aromatic N) is 1. The molecule has 0 bridgehead atoms. The lowest BCUT2D eigenvalue weighted by Gasteiger charge is -2.33. The van der Waals surface area contributed by atoms with Gasteiger partial charge in [0, 0.05) is 29.9 Å². The van der Waals surface area contributed by atoms with Crippen LogP contribution in [-0.2, 0) is 4.79 Å². The zero-order chi connectivity index (χ0) is 10.1. The molecule has 4 heteroatoms. The van der Waals surface area contributed by atoms with Gasteiger partial charge in [0.15, 0.2) is 0 Å². The van der Waals surface area contributed by atoms with E-state index < -0.39 is 0 Å². The van der Waals surface area contributed by atoms with Crippen LogP contribution in [0, 0.1) is 0 Å². The monoisotopic (exact) mass is 260 g/mol. The second-order valence-electron chi connectivity index (χ2n) is 4.42. The number of amides is 1. The highest BCUT2D eigenvalue weighted by Crippen LogP contribution is 2.28. The third-order valence-electron chi connectivity index (χ3n) is 3.29. The van der Waals surface area contributed by atoms with Gasteiger partial charge in [-0.1, -0.05) is 15.9 Å². The highest BCUT2D eigenvalue weighted by Gasteiger charge is 2.34. The van der Waals surface area contributed by atoms with Crippen molar-refractivity contribution in [3.8, 4) is 0 Å². The van der Waals surface area contributed by atoms with Crippen LogP contribution in [0.4, 0.5) is 0 Å². The average Bonchev–Trinajstić information content (AvgIpc) is 2.47. The second-order valence-corrected chi connectivity index (χ2v) is 5.71. The van der Waals surface area contributed by atoms with Crippen molar-refractivity contribution in [3.05, 3.63) is 0 Å². The van der Waals surface area contributed by atoms with Crippen LogP contribution < -0.4 is 5.73 Å². The first kappa shape index (κ1) is 10.4. The number of nitrogens with two attached hydrogens (primary N) is 1. The lowest BCUT2D eigenvalue weighted by Crippen LogP contribution is -2.41. The van der Waals surface area contributed by atoms with E-state index in [4.69, 9.17) is 5.73 Å². The number of hydrogen-bond donors (Lipinski definition) is 1. The van der Waals surface area contributed by atoms with E-state index in [-0.39, 0.29) is 0 Å². The zero-order valence-corrected chi connectivity index (χ0v) is 9.87. The molecule has 80 valence electrons. The molecule has 1 aliphatic carbocycles. The number of alkyl halides is 1. The molecule has 1 heterocycles. The molecule has 0 aromatic carbocycles. The van der Waals surface area contributed by atoms with Gasteiger partial charge < -0.3 is 10.6 Å². The van der Waals surface area contributed by atoms with Gasteiger partial charge in [-0.3, -0.25) is 4.79 Å². The van der Waals surface area contributed by atoms with E-state index in [0.29, 0.717) is 29.2 Å². The standard InChI is InChI=1S/C10H17BrN2O/c11-7-5-10(14)13(6-7)9-3-1-8(12)2-4-9/h7-9H,1-6,12H2. The van der Waals surface area contributed by atoms with Crippen LogP contribution in [0.3, 0.4) is 0 Å². The van der Waals surface area contributed by atoms with Crippen molar-refractivity contribution < 1.29 is 4.79 Å². The van der Waals surface area contributed by atoms with E-state index in [2.05, 4.69) is 15.9 Å². The molecule has 0 aromatic rings. The first-order valence-electron chi connectivity index (χ1n) is 5.36. The van der Waals surface area contributed by atoms with Crippen molar-refractivity contribution in [2.75, 3.05) is 6.54 Å². The Bertz CT molecular complexity index is 226. The van der Waals surface area contributed by atoms with Gasteiger partial charge in [0.1, 0.15) is 0 Å². The summed E-state index contributed by atoms with van der Waals surface area (Å²) < 4.78 is 0. The predicted octanol–water partition coefficient (Wildman–Crippen LogP) is 1.25. The Hall–Kier alpha value is -0.0900. The maximum atomic E-state index is 11.6. The van der Waals surface area contributed by atoms with Gasteiger partial charge in [-0.15, -0.1) is 0 Å². The number of carbonyl (C=O) groups is 1. The minimum Gasteiger partial charge on any atom is -0.339 e. The fourth-order valence-electron chi connectivity index (χ4n) is 2.45. The van der Waals surface area contributed by atoms with E-state index in [0.717, 1.165) is 32.2 Å². The van der Waals surface area contributed by atoms with Crippen molar-refractivity contribution in [2.24, 2.45) is 5.73 Å². The molecule has 2 fully saturated rings. The molecule has 0 radical (unpaired) electrons. The van der Waals surface area contributed by atoms with Crippen molar-refractivity contribution in [2.45, 2.75) is 49.0 Å². The molecular weight excluding hydrogens is 244 g/mol. The van der Waals surface area contributed by atoms with E-state index >= 15 is 0 Å². The third kappa shape index (κ3) is 2.11. The van der Waals surface area contributed by atoms with Gasteiger partial charge >= 0.3 is 0 Å². The van der Waals surface area contributed by atoms with Crippen LogP contribution in [-0.4, -0.2) is 34.3 Å². The topological polar surface area (TPSA) is 46.3 Å². The molecule has 3 nitrogen and oxygen atoms in total. The number of hydrogen-bond acceptors (Lipinski definition) is 2. The highest BCUT2D eigenvalue weighted by molar-refractivity contribution is 9.09. The summed E-state index contributed by atoms with van der Waals surface area (Å²) in [6.45, 7) is 0.888. The van der Waals surface area contributed by atoms with E-state index in [1.165, 1.54) is 0 Å². The van der Waals surface area contributed by atoms with Crippen LogP contribution in [0.1, 0.15) is 32.1 Å². The van der Waals surface area contributed by atoms with Crippen LogP contribution >= 0.6 is 15.9 Å². The van der Waals surface area contributed by atoms with E-state index in [9.17, 15) is 4.79 Å². The second kappa shape index (κ2) is 4.19. The van der Waals surface area contributed by atoms with Crippen LogP contribution in [0.5, 0.6) is 0 Å². The maximum absolute atomic E-state index is 11.6. The summed E-state index contributed by atoms with van der Waals surface area (Å²) in [6.07, 6.45) is 4.99. The Labute approximate surface area is 93.1 Å². The highest BCUT2D eigenvalue weighted by atomic mass is 79.9. The molecule has 2 aliphatic rings. The van der Waals surface area contributed by atoms with E-state index in [1.807, 2.05) is 4.90 Å². The van der Waals surface area contributed by atoms with Crippen molar-refractivity contribution in [3.63, 3.8) is 0 Å². The Morgan fingerprint density at radius 2 is 1.93 bits per heavy atom. The van der Waals surface area contributed by atoms with Gasteiger partial charge in [-0.05, 0) is 25.7 Å². The Balaban J connectivity index is 1.92. The van der Waals surface area contributed by atoms with Crippen molar-refractivity contribution in [1.29, 1.82) is 0 Å². The third-order valence-corrected chi connectivity index (χ3v) is 3.91. The summed E-state index contributed by atoms with van der Waals surface area (Å²) >= 11 is 3.51. The van der Waals surface area contributed by atoms with E-state index in [1.54, 1.807) is 0 Å². The molecule has 2 N–H and O–H groups in total. The minimum atomic E-state index is 0.312. The van der Waals surface area contributed by atoms with Gasteiger partial charge in [0.05, 0.1) is 0 Å². The lowest BCUT2D eigenvalue weighted by atomic mass is 9.91. The number of likely N-dealkylation sites (tertiary alicyclic amines) is 1. The SMILES string of the molecule is NC1CCC(N2CC(Br)CC2=O)CC1. The van der Waals surface area contributed by atoms with Crippen LogP contribution in [0.15, 0.2) is 0 Å². The molecule has 14 heavy (non-hydrogen) atoms. The lowest BCUT2D eigenvalue weighted by molar-refractivity contribution is -0.130. The minimum absolute atomic E-state index is 0.312. The summed E-state index contributed by atoms with van der Waals surface area (Å²) in [6, 6.07) is 0.827. The number of halogens is 1. The molecule has 1 unspecified atom stereocenters. The van der Waals surface area contributed by atoms with Crippen molar-refractivity contribution in [1.82, 2.24) is 4.90 Å². The van der Waals surface area contributed by atoms with Gasteiger partial charge in [-0.25, -0.2) is 0 Å². The number of carbonyl (C=O) groups excluding carboxylic acids is 1. The summed E-state index contributed by atoms with van der Waals surface area (Å²) in [4.78, 5) is 14.0. The summed E-state index contributed by atoms with van der Waals surface area (Å²) in [5, 5.41) is 0. The largest absolute Gasteiger partial charge is 0.339 e. The van der Waals surface area contributed by atoms with Crippen molar-refractivity contribution >= 4 is 21.8 Å². The fourth-order valence-corrected chi connectivity index (χ4v) is 3.04. The average molecular weight is 261 g/mol. The quantitative estimate of drug-likeness (QED) is 0.722. The molecule has 1 saturated heterocycles. The van der Waals surface area contributed by atoms with Gasteiger partial charge in [-0.2, -0.15) is 0 Å². The summed E-state index contributed by atoms with van der Waals surface area (Å²) in [7, 11) is 0. The normalized spacial score (nSPS) is 39.1. The molecule has 0 spiro atoms. The van der Waals surface area contributed by atoms with Gasteiger partial charge in [0.2, 0.25) is 5.91 Å². The summed E-state index contributed by atoms with van der Waals surface area (Å²) in [5.74, 6) is 0.312. The maximum Gasteiger partial charge on any atom is 0.224 e. The fraction of sp³-hybridized carbons (Fsp3) is 0.900. The molecule has 1 atom stereocenters. The first-order chi connectivity index (χ1) is 6.66. The Morgan fingerprint density at radius 3 is 2.43 bits per heavy atom. The zero-order valence-electron chi connectivity index (χ0n) is 8.29. The molecule has 1 aliphatic heterocycles. The smallest absolute Gasteiger partial charge is 0.224 e. The van der Waals surface area contributed by atoms with Crippen LogP contribution in [0.25, 0.3) is 0 Å². The molecule has 1 saturated carbocycles. The van der Waals surface area contributed by atoms with Crippen LogP contribution in [0.2, 0.25) is 0 Å². The van der Waals surface area contributed by atoms with Gasteiger partial charge in [0.25, 0.3) is 0 Å². The Kier molecular flexibility index (Phi) is 3.12. The molecule has 1 amide bonds. The predicted molar refractivity (Wildman–Crippen MR) is 59.3 cm³/mol.